The second-order valence-electron chi connectivity index (χ2n) is 5.98. The fourth-order valence-corrected chi connectivity index (χ4v) is 3.70. The van der Waals surface area contributed by atoms with Crippen LogP contribution in [-0.4, -0.2) is 36.8 Å². The summed E-state index contributed by atoms with van der Waals surface area (Å²) in [7, 11) is 4.33. The highest BCUT2D eigenvalue weighted by atomic mass is 32.1. The molecule has 1 aromatic carbocycles. The van der Waals surface area contributed by atoms with Crippen molar-refractivity contribution in [1.82, 2.24) is 14.9 Å². The molecule has 160 valence electrons. The van der Waals surface area contributed by atoms with E-state index in [4.69, 9.17) is 14.2 Å². The lowest BCUT2D eigenvalue weighted by molar-refractivity contribution is -0.141. The third-order valence-electron chi connectivity index (χ3n) is 4.09. The highest BCUT2D eigenvalue weighted by Gasteiger charge is 2.39. The Morgan fingerprint density at radius 1 is 1.10 bits per heavy atom. The van der Waals surface area contributed by atoms with E-state index in [9.17, 15) is 18.0 Å². The molecule has 0 unspecified atom stereocenters. The maximum Gasteiger partial charge on any atom is 0.435 e. The molecule has 7 nitrogen and oxygen atoms in total. The first-order chi connectivity index (χ1) is 14.3. The first-order valence-electron chi connectivity index (χ1n) is 8.57. The van der Waals surface area contributed by atoms with Crippen molar-refractivity contribution in [3.05, 3.63) is 52.8 Å². The second kappa shape index (κ2) is 8.66. The molecule has 2 heterocycles. The third-order valence-corrected chi connectivity index (χ3v) is 5.16. The summed E-state index contributed by atoms with van der Waals surface area (Å²) >= 11 is 0.659. The van der Waals surface area contributed by atoms with Gasteiger partial charge in [-0.1, -0.05) is 11.3 Å². The summed E-state index contributed by atoms with van der Waals surface area (Å²) in [5, 5.41) is 2.54. The number of hydrogen-bond donors (Lipinski definition) is 1. The highest BCUT2D eigenvalue weighted by molar-refractivity contribution is 7.16. The van der Waals surface area contributed by atoms with Crippen molar-refractivity contribution >= 4 is 17.2 Å². The van der Waals surface area contributed by atoms with Crippen molar-refractivity contribution in [2.75, 3.05) is 21.3 Å². The van der Waals surface area contributed by atoms with Gasteiger partial charge in [-0.05, 0) is 29.8 Å². The van der Waals surface area contributed by atoms with Gasteiger partial charge in [0.05, 0.1) is 21.3 Å². The number of carbonyl (C=O) groups is 1. The average molecular weight is 441 g/mol. The summed E-state index contributed by atoms with van der Waals surface area (Å²) in [6, 6.07) is 6.51. The Hall–Kier alpha value is -3.21. The van der Waals surface area contributed by atoms with E-state index in [0.717, 1.165) is 0 Å². The average Bonchev–Trinajstić information content (AvgIpc) is 3.40. The number of thiazole rings is 1. The second-order valence-corrected chi connectivity index (χ2v) is 6.96. The van der Waals surface area contributed by atoms with Crippen LogP contribution in [0.4, 0.5) is 13.2 Å². The van der Waals surface area contributed by atoms with Crippen molar-refractivity contribution in [2.45, 2.75) is 12.7 Å². The molecule has 1 amide bonds. The lowest BCUT2D eigenvalue weighted by Crippen LogP contribution is -2.24. The van der Waals surface area contributed by atoms with E-state index in [1.165, 1.54) is 25.9 Å². The maximum absolute atomic E-state index is 13.4. The van der Waals surface area contributed by atoms with Crippen molar-refractivity contribution in [3.63, 3.8) is 0 Å². The lowest BCUT2D eigenvalue weighted by atomic mass is 10.1. The van der Waals surface area contributed by atoms with Crippen LogP contribution in [0.2, 0.25) is 0 Å². The smallest absolute Gasteiger partial charge is 0.435 e. The van der Waals surface area contributed by atoms with Gasteiger partial charge in [0.15, 0.2) is 22.3 Å². The molecule has 3 aromatic rings. The van der Waals surface area contributed by atoms with Crippen LogP contribution in [0.1, 0.15) is 20.9 Å². The van der Waals surface area contributed by atoms with Crippen LogP contribution in [0.25, 0.3) is 5.13 Å². The zero-order chi connectivity index (χ0) is 21.9. The van der Waals surface area contributed by atoms with Crippen LogP contribution in [-0.2, 0) is 12.7 Å². The third kappa shape index (κ3) is 4.35. The molecule has 0 aliphatic heterocycles. The standard InChI is InChI=1S/C19H18F3N3O4S/c1-27-12-8-11(9-13(28-2)14(12)29-3)10-23-17(26)15-16(19(20,21)22)24-18(30-15)25-6-4-5-7-25/h4-9H,10H2,1-3H3,(H,23,26). The molecule has 0 aliphatic carbocycles. The van der Waals surface area contributed by atoms with Crippen LogP contribution >= 0.6 is 11.3 Å². The van der Waals surface area contributed by atoms with Gasteiger partial charge in [-0.25, -0.2) is 4.98 Å². The summed E-state index contributed by atoms with van der Waals surface area (Å²) in [6.45, 7) is -0.0520. The fourth-order valence-electron chi connectivity index (χ4n) is 2.73. The number of methoxy groups -OCH3 is 3. The van der Waals surface area contributed by atoms with E-state index in [2.05, 4.69) is 10.3 Å². The van der Waals surface area contributed by atoms with E-state index < -0.39 is 22.7 Å². The molecule has 0 saturated carbocycles. The quantitative estimate of drug-likeness (QED) is 0.602. The van der Waals surface area contributed by atoms with E-state index in [0.29, 0.717) is 34.1 Å². The van der Waals surface area contributed by atoms with E-state index in [1.807, 2.05) is 0 Å². The Morgan fingerprint density at radius 2 is 1.70 bits per heavy atom. The van der Waals surface area contributed by atoms with Gasteiger partial charge in [-0.3, -0.25) is 4.79 Å². The maximum atomic E-state index is 13.4. The van der Waals surface area contributed by atoms with Gasteiger partial charge >= 0.3 is 6.18 Å². The van der Waals surface area contributed by atoms with Crippen molar-refractivity contribution in [3.8, 4) is 22.4 Å². The van der Waals surface area contributed by atoms with Gasteiger partial charge in [0.2, 0.25) is 5.75 Å². The number of benzene rings is 1. The molecule has 3 rings (SSSR count). The molecule has 30 heavy (non-hydrogen) atoms. The van der Waals surface area contributed by atoms with Gasteiger partial charge in [0.25, 0.3) is 5.91 Å². The SMILES string of the molecule is COc1cc(CNC(=O)c2sc(-n3cccc3)nc2C(F)(F)F)cc(OC)c1OC. The fraction of sp³-hybridized carbons (Fsp3) is 0.263. The number of rotatable bonds is 7. The number of ether oxygens (including phenoxy) is 3. The number of aromatic nitrogens is 2. The molecule has 0 radical (unpaired) electrons. The molecule has 0 spiro atoms. The van der Waals surface area contributed by atoms with E-state index >= 15 is 0 Å². The van der Waals surface area contributed by atoms with Crippen LogP contribution in [0.5, 0.6) is 17.2 Å². The number of amides is 1. The first-order valence-corrected chi connectivity index (χ1v) is 9.38. The molecule has 2 aromatic heterocycles. The summed E-state index contributed by atoms with van der Waals surface area (Å²) in [5.74, 6) is 0.217. The highest BCUT2D eigenvalue weighted by Crippen LogP contribution is 2.38. The van der Waals surface area contributed by atoms with Gasteiger partial charge < -0.3 is 24.1 Å². The van der Waals surface area contributed by atoms with Crippen molar-refractivity contribution < 1.29 is 32.2 Å². The Kier molecular flexibility index (Phi) is 6.20. The zero-order valence-electron chi connectivity index (χ0n) is 16.2. The Bertz CT molecular complexity index is 1010. The molecule has 0 atom stereocenters. The molecule has 1 N–H and O–H groups in total. The minimum Gasteiger partial charge on any atom is -0.493 e. The van der Waals surface area contributed by atoms with Crippen LogP contribution in [0, 0.1) is 0 Å². The Labute approximate surface area is 174 Å². The van der Waals surface area contributed by atoms with Gasteiger partial charge in [-0.15, -0.1) is 0 Å². The summed E-state index contributed by atoms with van der Waals surface area (Å²) in [4.78, 5) is 15.7. The van der Waals surface area contributed by atoms with Crippen LogP contribution in [0.3, 0.4) is 0 Å². The molecule has 0 fully saturated rings. The predicted octanol–water partition coefficient (Wildman–Crippen LogP) is 3.91. The largest absolute Gasteiger partial charge is 0.493 e. The minimum absolute atomic E-state index is 0.0465. The van der Waals surface area contributed by atoms with Crippen LogP contribution in [0.15, 0.2) is 36.7 Å². The number of nitrogens with one attached hydrogen (secondary N) is 1. The Morgan fingerprint density at radius 3 is 2.20 bits per heavy atom. The number of halogens is 3. The molecule has 0 aliphatic rings. The van der Waals surface area contributed by atoms with Crippen molar-refractivity contribution in [1.29, 1.82) is 0 Å². The number of nitrogens with zero attached hydrogens (tertiary/aromatic N) is 2. The molecular formula is C19H18F3N3O4S. The predicted molar refractivity (Wildman–Crippen MR) is 104 cm³/mol. The van der Waals surface area contributed by atoms with E-state index in [1.54, 1.807) is 36.7 Å². The molecule has 0 bridgehead atoms. The van der Waals surface area contributed by atoms with Crippen LogP contribution < -0.4 is 19.5 Å². The molecular weight excluding hydrogens is 423 g/mol. The number of hydrogen-bond acceptors (Lipinski definition) is 6. The topological polar surface area (TPSA) is 74.6 Å². The van der Waals surface area contributed by atoms with E-state index in [-0.39, 0.29) is 11.7 Å². The number of carbonyl (C=O) groups excluding carboxylic acids is 1. The monoisotopic (exact) mass is 441 g/mol. The normalized spacial score (nSPS) is 11.3. The summed E-state index contributed by atoms with van der Waals surface area (Å²) in [6.07, 6.45) is -1.66. The molecule has 0 saturated heterocycles. The van der Waals surface area contributed by atoms with Crippen molar-refractivity contribution in [2.24, 2.45) is 0 Å². The Balaban J connectivity index is 1.86. The molecule has 11 heteroatoms. The first kappa shape index (κ1) is 21.5. The van der Waals surface area contributed by atoms with Gasteiger partial charge in [0.1, 0.15) is 4.88 Å². The minimum atomic E-state index is -4.76. The lowest BCUT2D eigenvalue weighted by Gasteiger charge is -2.14. The number of alkyl halides is 3. The zero-order valence-corrected chi connectivity index (χ0v) is 17.1. The summed E-state index contributed by atoms with van der Waals surface area (Å²) < 4.78 is 57.4. The van der Waals surface area contributed by atoms with Gasteiger partial charge in [-0.2, -0.15) is 13.2 Å². The summed E-state index contributed by atoms with van der Waals surface area (Å²) in [5.41, 5.74) is -0.667. The van der Waals surface area contributed by atoms with Gasteiger partial charge in [0, 0.05) is 18.9 Å².